The monoisotopic (exact) mass is 339 g/mol. The second kappa shape index (κ2) is 7.80. The Balaban J connectivity index is 2.83. The maximum atomic E-state index is 10.8. The summed E-state index contributed by atoms with van der Waals surface area (Å²) in [5.41, 5.74) is 7.45. The summed E-state index contributed by atoms with van der Waals surface area (Å²) in [6.45, 7) is 14.0. The van der Waals surface area contributed by atoms with E-state index in [-0.39, 0.29) is 23.2 Å². The molecule has 0 aromatic carbocycles. The summed E-state index contributed by atoms with van der Waals surface area (Å²) in [5.74, 6) is -0.660. The third kappa shape index (κ3) is 6.27. The minimum atomic E-state index is -0.749. The summed E-state index contributed by atoms with van der Waals surface area (Å²) < 4.78 is 0. The summed E-state index contributed by atoms with van der Waals surface area (Å²) >= 11 is 1.93. The molecular weight excluding hydrogens is 306 g/mol. The molecule has 23 heavy (non-hydrogen) atoms. The lowest BCUT2D eigenvalue weighted by Crippen LogP contribution is -2.18. The fourth-order valence-electron chi connectivity index (χ4n) is 2.75. The van der Waals surface area contributed by atoms with Gasteiger partial charge in [0.25, 0.3) is 0 Å². The van der Waals surface area contributed by atoms with E-state index in [2.05, 4.69) is 47.6 Å². The van der Waals surface area contributed by atoms with Crippen LogP contribution in [0.25, 0.3) is 0 Å². The summed E-state index contributed by atoms with van der Waals surface area (Å²) in [6.07, 6.45) is 3.07. The highest BCUT2D eigenvalue weighted by Crippen LogP contribution is 2.39. The van der Waals surface area contributed by atoms with Crippen LogP contribution in [0.1, 0.15) is 76.1 Å². The van der Waals surface area contributed by atoms with Crippen molar-refractivity contribution in [2.24, 2.45) is 11.7 Å². The first-order valence-electron chi connectivity index (χ1n) is 8.50. The van der Waals surface area contributed by atoms with Crippen molar-refractivity contribution in [1.82, 2.24) is 0 Å². The van der Waals surface area contributed by atoms with E-state index in [4.69, 9.17) is 10.8 Å². The maximum absolute atomic E-state index is 10.8. The van der Waals surface area contributed by atoms with Gasteiger partial charge in [-0.15, -0.1) is 11.3 Å². The highest BCUT2D eigenvalue weighted by molar-refractivity contribution is 7.12. The highest BCUT2D eigenvalue weighted by Gasteiger charge is 2.25. The molecule has 1 atom stereocenters. The van der Waals surface area contributed by atoms with Crippen LogP contribution < -0.4 is 5.73 Å². The zero-order chi connectivity index (χ0) is 17.8. The number of hydrogen-bond acceptors (Lipinski definition) is 3. The van der Waals surface area contributed by atoms with Gasteiger partial charge in [-0.05, 0) is 54.2 Å². The smallest absolute Gasteiger partial charge is 0.303 e. The summed E-state index contributed by atoms with van der Waals surface area (Å²) in [6, 6.07) is 2.36. The van der Waals surface area contributed by atoms with Gasteiger partial charge in [-0.3, -0.25) is 4.79 Å². The van der Waals surface area contributed by atoms with Crippen LogP contribution in [0.2, 0.25) is 0 Å². The fourth-order valence-corrected chi connectivity index (χ4v) is 4.08. The second-order valence-electron chi connectivity index (χ2n) is 8.56. The zero-order valence-electron chi connectivity index (χ0n) is 15.5. The highest BCUT2D eigenvalue weighted by atomic mass is 32.1. The number of aliphatic carboxylic acids is 1. The summed E-state index contributed by atoms with van der Waals surface area (Å²) in [7, 11) is 0. The van der Waals surface area contributed by atoms with Crippen molar-refractivity contribution in [2.45, 2.75) is 78.1 Å². The normalized spacial score (nSPS) is 14.0. The van der Waals surface area contributed by atoms with Crippen molar-refractivity contribution in [3.8, 4) is 0 Å². The van der Waals surface area contributed by atoms with Gasteiger partial charge in [0.05, 0.1) is 0 Å². The molecule has 0 amide bonds. The van der Waals surface area contributed by atoms with Gasteiger partial charge in [0.1, 0.15) is 0 Å². The summed E-state index contributed by atoms with van der Waals surface area (Å²) in [4.78, 5) is 13.7. The van der Waals surface area contributed by atoms with Gasteiger partial charge < -0.3 is 10.8 Å². The predicted molar refractivity (Wildman–Crippen MR) is 99.5 cm³/mol. The number of carboxylic acids is 1. The number of aryl methyl sites for hydroxylation is 1. The SMILES string of the molecule is CC(C)(C)c1cc(CCCC(CN)CC(=O)O)c(C(C)(C)C)s1. The van der Waals surface area contributed by atoms with Gasteiger partial charge >= 0.3 is 5.97 Å². The Hall–Kier alpha value is -0.870. The average molecular weight is 340 g/mol. The second-order valence-corrected chi connectivity index (χ2v) is 9.61. The molecule has 0 spiro atoms. The molecule has 0 fully saturated rings. The van der Waals surface area contributed by atoms with Gasteiger partial charge in [-0.25, -0.2) is 0 Å². The van der Waals surface area contributed by atoms with Crippen molar-refractivity contribution in [3.05, 3.63) is 21.4 Å². The van der Waals surface area contributed by atoms with Gasteiger partial charge in [0.15, 0.2) is 0 Å². The number of rotatable bonds is 7. The number of carbonyl (C=O) groups is 1. The molecule has 0 aliphatic heterocycles. The Labute approximate surface area is 145 Å². The first kappa shape index (κ1) is 20.2. The molecule has 4 heteroatoms. The van der Waals surface area contributed by atoms with E-state index >= 15 is 0 Å². The van der Waals surface area contributed by atoms with E-state index < -0.39 is 5.97 Å². The first-order valence-corrected chi connectivity index (χ1v) is 9.32. The lowest BCUT2D eigenvalue weighted by molar-refractivity contribution is -0.138. The Morgan fingerprint density at radius 1 is 1.22 bits per heavy atom. The van der Waals surface area contributed by atoms with E-state index in [1.807, 2.05) is 11.3 Å². The molecule has 132 valence electrons. The molecule has 0 aliphatic rings. The van der Waals surface area contributed by atoms with Crippen molar-refractivity contribution in [3.63, 3.8) is 0 Å². The largest absolute Gasteiger partial charge is 0.481 e. The maximum Gasteiger partial charge on any atom is 0.303 e. The number of carboxylic acid groups (broad SMARTS) is 1. The van der Waals surface area contributed by atoms with Gasteiger partial charge in [0.2, 0.25) is 0 Å². The van der Waals surface area contributed by atoms with Crippen molar-refractivity contribution in [2.75, 3.05) is 6.54 Å². The average Bonchev–Trinajstić information content (AvgIpc) is 2.81. The third-order valence-electron chi connectivity index (χ3n) is 4.08. The van der Waals surface area contributed by atoms with Gasteiger partial charge in [-0.1, -0.05) is 41.5 Å². The molecular formula is C19H33NO2S. The van der Waals surface area contributed by atoms with Gasteiger partial charge in [-0.2, -0.15) is 0 Å². The standard InChI is InChI=1S/C19H33NO2S/c1-18(2,3)15-11-14(17(23-15)19(4,5)6)9-7-8-13(12-20)10-16(21)22/h11,13H,7-10,12,20H2,1-6H3,(H,21,22). The molecule has 0 saturated carbocycles. The van der Waals surface area contributed by atoms with Crippen LogP contribution in [-0.4, -0.2) is 17.6 Å². The number of hydrogen-bond donors (Lipinski definition) is 2. The molecule has 1 aromatic rings. The van der Waals surface area contributed by atoms with Crippen LogP contribution in [0.5, 0.6) is 0 Å². The Morgan fingerprint density at radius 3 is 2.26 bits per heavy atom. The number of nitrogens with two attached hydrogens (primary N) is 1. The lowest BCUT2D eigenvalue weighted by Gasteiger charge is -2.20. The van der Waals surface area contributed by atoms with Crippen molar-refractivity contribution in [1.29, 1.82) is 0 Å². The Morgan fingerprint density at radius 2 is 1.83 bits per heavy atom. The van der Waals surface area contributed by atoms with E-state index in [0.29, 0.717) is 6.54 Å². The van der Waals surface area contributed by atoms with Crippen LogP contribution in [-0.2, 0) is 22.0 Å². The first-order chi connectivity index (χ1) is 10.4. The number of thiophene rings is 1. The minimum Gasteiger partial charge on any atom is -0.481 e. The third-order valence-corrected chi connectivity index (χ3v) is 6.11. The van der Waals surface area contributed by atoms with E-state index in [1.165, 1.54) is 15.3 Å². The van der Waals surface area contributed by atoms with E-state index in [9.17, 15) is 4.79 Å². The van der Waals surface area contributed by atoms with Crippen LogP contribution >= 0.6 is 11.3 Å². The zero-order valence-corrected chi connectivity index (χ0v) is 16.3. The van der Waals surface area contributed by atoms with E-state index in [0.717, 1.165) is 19.3 Å². The molecule has 0 aliphatic carbocycles. The van der Waals surface area contributed by atoms with Crippen LogP contribution in [0.4, 0.5) is 0 Å². The molecule has 3 nitrogen and oxygen atoms in total. The molecule has 0 bridgehead atoms. The molecule has 0 saturated heterocycles. The van der Waals surface area contributed by atoms with Crippen molar-refractivity contribution >= 4 is 17.3 Å². The van der Waals surface area contributed by atoms with Gasteiger partial charge in [0, 0.05) is 16.2 Å². The van der Waals surface area contributed by atoms with E-state index in [1.54, 1.807) is 0 Å². The lowest BCUT2D eigenvalue weighted by atomic mass is 9.88. The molecule has 1 aromatic heterocycles. The predicted octanol–water partition coefficient (Wildman–Crippen LogP) is 4.72. The molecule has 1 heterocycles. The Kier molecular flexibility index (Phi) is 6.84. The fraction of sp³-hybridized carbons (Fsp3) is 0.737. The molecule has 1 unspecified atom stereocenters. The Bertz CT molecular complexity index is 520. The quantitative estimate of drug-likeness (QED) is 0.756. The van der Waals surface area contributed by atoms with Crippen LogP contribution in [0, 0.1) is 5.92 Å². The molecule has 1 rings (SSSR count). The van der Waals surface area contributed by atoms with Crippen LogP contribution in [0.3, 0.4) is 0 Å². The molecule has 0 radical (unpaired) electrons. The minimum absolute atomic E-state index is 0.0892. The van der Waals surface area contributed by atoms with Crippen LogP contribution in [0.15, 0.2) is 6.07 Å². The summed E-state index contributed by atoms with van der Waals surface area (Å²) in [5, 5.41) is 8.92. The van der Waals surface area contributed by atoms with Crippen molar-refractivity contribution < 1.29 is 9.90 Å². The molecule has 3 N–H and O–H groups in total. The topological polar surface area (TPSA) is 63.3 Å².